The molecule has 0 saturated heterocycles. The zero-order valence-electron chi connectivity index (χ0n) is 9.31. The lowest BCUT2D eigenvalue weighted by Crippen LogP contribution is -2.40. The molecule has 4 nitrogen and oxygen atoms in total. The third-order valence-electron chi connectivity index (χ3n) is 1.87. The molecule has 2 N–H and O–H groups in total. The molecule has 0 saturated carbocycles. The van der Waals surface area contributed by atoms with E-state index in [1.165, 1.54) is 0 Å². The van der Waals surface area contributed by atoms with Crippen molar-refractivity contribution in [1.82, 2.24) is 10.6 Å². The number of nitrogens with one attached hydrogen (secondary N) is 2. The van der Waals surface area contributed by atoms with E-state index in [1.807, 2.05) is 0 Å². The molecular formula is C10H19ClN2O2. The molecule has 0 aliphatic rings. The fourth-order valence-electron chi connectivity index (χ4n) is 1.08. The number of alkyl halides is 1. The Kier molecular flexibility index (Phi) is 8.09. The number of hydrogen-bond acceptors (Lipinski definition) is 2. The van der Waals surface area contributed by atoms with Crippen LogP contribution in [0.5, 0.6) is 0 Å². The van der Waals surface area contributed by atoms with Crippen molar-refractivity contribution < 1.29 is 9.59 Å². The Morgan fingerprint density at radius 1 is 1.27 bits per heavy atom. The molecule has 5 heteroatoms. The van der Waals surface area contributed by atoms with Crippen molar-refractivity contribution in [2.24, 2.45) is 5.92 Å². The molecule has 0 heterocycles. The van der Waals surface area contributed by atoms with Gasteiger partial charge in [0, 0.05) is 6.54 Å². The molecule has 88 valence electrons. The summed E-state index contributed by atoms with van der Waals surface area (Å²) in [7, 11) is 0. The average molecular weight is 235 g/mol. The monoisotopic (exact) mass is 234 g/mol. The lowest BCUT2D eigenvalue weighted by atomic mass is 10.1. The van der Waals surface area contributed by atoms with Gasteiger partial charge in [-0.2, -0.15) is 0 Å². The Morgan fingerprint density at radius 2 is 1.93 bits per heavy atom. The molecule has 0 spiro atoms. The molecule has 0 unspecified atom stereocenters. The van der Waals surface area contributed by atoms with Crippen molar-refractivity contribution in [3.8, 4) is 0 Å². The van der Waals surface area contributed by atoms with Crippen LogP contribution in [0.2, 0.25) is 0 Å². The number of unbranched alkanes of at least 4 members (excludes halogenated alkanes) is 1. The smallest absolute Gasteiger partial charge is 0.321 e. The standard InChI is InChI=1S/C10H19ClN2O2/c1-8(2)5-3-4-6-12-10(15)13-9(14)7-11/h8H,3-7H2,1-2H3,(H2,12,13,14,15). The number of imide groups is 1. The second-order valence-electron chi connectivity index (χ2n) is 3.83. The van der Waals surface area contributed by atoms with E-state index in [9.17, 15) is 9.59 Å². The first-order valence-electron chi connectivity index (χ1n) is 5.20. The van der Waals surface area contributed by atoms with Crippen LogP contribution in [0.3, 0.4) is 0 Å². The zero-order chi connectivity index (χ0) is 11.7. The highest BCUT2D eigenvalue weighted by Crippen LogP contribution is 2.04. The lowest BCUT2D eigenvalue weighted by molar-refractivity contribution is -0.117. The van der Waals surface area contributed by atoms with Crippen molar-refractivity contribution in [2.45, 2.75) is 33.1 Å². The van der Waals surface area contributed by atoms with Gasteiger partial charge in [-0.1, -0.05) is 26.7 Å². The number of carbonyl (C=O) groups is 2. The van der Waals surface area contributed by atoms with Crippen LogP contribution in [-0.2, 0) is 4.79 Å². The van der Waals surface area contributed by atoms with Crippen LogP contribution in [0.4, 0.5) is 4.79 Å². The Hall–Kier alpha value is -0.770. The van der Waals surface area contributed by atoms with Crippen LogP contribution in [0.1, 0.15) is 33.1 Å². The Labute approximate surface area is 95.7 Å². The van der Waals surface area contributed by atoms with Crippen molar-refractivity contribution in [2.75, 3.05) is 12.4 Å². The van der Waals surface area contributed by atoms with Gasteiger partial charge in [0.05, 0.1) is 0 Å². The Morgan fingerprint density at radius 3 is 2.47 bits per heavy atom. The third-order valence-corrected chi connectivity index (χ3v) is 2.11. The largest absolute Gasteiger partial charge is 0.338 e. The number of amides is 3. The molecule has 0 rings (SSSR count). The van der Waals surface area contributed by atoms with Gasteiger partial charge in [0.1, 0.15) is 5.88 Å². The fourth-order valence-corrected chi connectivity index (χ4v) is 1.15. The number of halogens is 1. The summed E-state index contributed by atoms with van der Waals surface area (Å²) in [5, 5.41) is 4.70. The summed E-state index contributed by atoms with van der Waals surface area (Å²) in [6.45, 7) is 4.92. The summed E-state index contributed by atoms with van der Waals surface area (Å²) < 4.78 is 0. The van der Waals surface area contributed by atoms with Gasteiger partial charge in [-0.3, -0.25) is 10.1 Å². The minimum absolute atomic E-state index is 0.194. The number of carbonyl (C=O) groups excluding carboxylic acids is 2. The summed E-state index contributed by atoms with van der Waals surface area (Å²) in [5.74, 6) is 0.0221. The first-order chi connectivity index (χ1) is 7.06. The molecule has 0 aromatic rings. The highest BCUT2D eigenvalue weighted by molar-refractivity contribution is 6.28. The highest BCUT2D eigenvalue weighted by Gasteiger charge is 2.04. The average Bonchev–Trinajstić information content (AvgIpc) is 2.16. The van der Waals surface area contributed by atoms with E-state index in [4.69, 9.17) is 11.6 Å². The minimum atomic E-state index is -0.476. The van der Waals surface area contributed by atoms with Gasteiger partial charge >= 0.3 is 6.03 Å². The fraction of sp³-hybridized carbons (Fsp3) is 0.800. The summed E-state index contributed by atoms with van der Waals surface area (Å²) in [6.07, 6.45) is 3.17. The topological polar surface area (TPSA) is 58.2 Å². The molecule has 0 aliphatic heterocycles. The predicted molar refractivity (Wildman–Crippen MR) is 61.0 cm³/mol. The molecule has 0 aromatic carbocycles. The highest BCUT2D eigenvalue weighted by atomic mass is 35.5. The molecule has 0 radical (unpaired) electrons. The van der Waals surface area contributed by atoms with E-state index in [2.05, 4.69) is 24.5 Å². The van der Waals surface area contributed by atoms with Crippen molar-refractivity contribution in [3.05, 3.63) is 0 Å². The maximum atomic E-state index is 11.0. The van der Waals surface area contributed by atoms with Crippen LogP contribution >= 0.6 is 11.6 Å². The van der Waals surface area contributed by atoms with Crippen LogP contribution in [0.25, 0.3) is 0 Å². The van der Waals surface area contributed by atoms with Gasteiger partial charge in [0.2, 0.25) is 5.91 Å². The SMILES string of the molecule is CC(C)CCCCNC(=O)NC(=O)CCl. The van der Waals surface area contributed by atoms with E-state index in [0.717, 1.165) is 19.3 Å². The van der Waals surface area contributed by atoms with Crippen LogP contribution < -0.4 is 10.6 Å². The first-order valence-corrected chi connectivity index (χ1v) is 5.73. The quantitative estimate of drug-likeness (QED) is 0.545. The third kappa shape index (κ3) is 9.53. The number of rotatable bonds is 6. The van der Waals surface area contributed by atoms with Gasteiger partial charge in [-0.15, -0.1) is 11.6 Å². The predicted octanol–water partition coefficient (Wildman–Crippen LogP) is 1.88. The maximum Gasteiger partial charge on any atom is 0.321 e. The number of hydrogen-bond donors (Lipinski definition) is 2. The van der Waals surface area contributed by atoms with E-state index in [-0.39, 0.29) is 5.88 Å². The van der Waals surface area contributed by atoms with Crippen molar-refractivity contribution in [1.29, 1.82) is 0 Å². The summed E-state index contributed by atoms with van der Waals surface area (Å²) >= 11 is 5.22. The molecule has 3 amide bonds. The van der Waals surface area contributed by atoms with E-state index < -0.39 is 11.9 Å². The van der Waals surface area contributed by atoms with E-state index >= 15 is 0 Å². The van der Waals surface area contributed by atoms with Crippen molar-refractivity contribution >= 4 is 23.5 Å². The second-order valence-corrected chi connectivity index (χ2v) is 4.09. The Balaban J connectivity index is 3.35. The van der Waals surface area contributed by atoms with Gasteiger partial charge in [0.25, 0.3) is 0 Å². The molecule has 0 fully saturated rings. The van der Waals surface area contributed by atoms with Crippen molar-refractivity contribution in [3.63, 3.8) is 0 Å². The van der Waals surface area contributed by atoms with Gasteiger partial charge in [0.15, 0.2) is 0 Å². The molecule has 0 aromatic heterocycles. The zero-order valence-corrected chi connectivity index (χ0v) is 10.1. The Bertz CT molecular complexity index is 208. The van der Waals surface area contributed by atoms with Crippen LogP contribution in [0, 0.1) is 5.92 Å². The van der Waals surface area contributed by atoms with E-state index in [0.29, 0.717) is 12.5 Å². The maximum absolute atomic E-state index is 11.0. The molecule has 0 bridgehead atoms. The molecule has 0 atom stereocenters. The second kappa shape index (κ2) is 8.53. The van der Waals surface area contributed by atoms with Crippen LogP contribution in [0.15, 0.2) is 0 Å². The molecule has 0 aliphatic carbocycles. The van der Waals surface area contributed by atoms with Gasteiger partial charge < -0.3 is 5.32 Å². The first kappa shape index (κ1) is 14.2. The van der Waals surface area contributed by atoms with E-state index in [1.54, 1.807) is 0 Å². The molecular weight excluding hydrogens is 216 g/mol. The number of urea groups is 1. The summed E-state index contributed by atoms with van der Waals surface area (Å²) in [6, 6.07) is -0.467. The normalized spacial score (nSPS) is 10.1. The lowest BCUT2D eigenvalue weighted by Gasteiger charge is -2.06. The molecule has 15 heavy (non-hydrogen) atoms. The minimum Gasteiger partial charge on any atom is -0.338 e. The van der Waals surface area contributed by atoms with Gasteiger partial charge in [-0.25, -0.2) is 4.79 Å². The van der Waals surface area contributed by atoms with Gasteiger partial charge in [-0.05, 0) is 12.3 Å². The summed E-state index contributed by atoms with van der Waals surface area (Å²) in [5.41, 5.74) is 0. The summed E-state index contributed by atoms with van der Waals surface area (Å²) in [4.78, 5) is 21.7. The van der Waals surface area contributed by atoms with Crippen LogP contribution in [-0.4, -0.2) is 24.4 Å².